The van der Waals surface area contributed by atoms with Crippen LogP contribution in [0.2, 0.25) is 0 Å². The molecule has 0 amide bonds. The molecule has 0 bridgehead atoms. The van der Waals surface area contributed by atoms with Gasteiger partial charge in [-0.3, -0.25) is 4.79 Å². The number of hydrogen-bond acceptors (Lipinski definition) is 2. The van der Waals surface area contributed by atoms with Crippen LogP contribution in [0.5, 0.6) is 0 Å². The molecule has 0 heterocycles. The summed E-state index contributed by atoms with van der Waals surface area (Å²) < 4.78 is 1.01. The molecule has 0 unspecified atom stereocenters. The minimum absolute atomic E-state index is 0.156. The van der Waals surface area contributed by atoms with Gasteiger partial charge in [-0.05, 0) is 30.0 Å². The summed E-state index contributed by atoms with van der Waals surface area (Å²) in [5.41, 5.74) is 1.84. The molecule has 0 atom stereocenters. The van der Waals surface area contributed by atoms with E-state index in [0.29, 0.717) is 6.42 Å². The van der Waals surface area contributed by atoms with Gasteiger partial charge in [-0.1, -0.05) is 46.3 Å². The maximum atomic E-state index is 12.2. The van der Waals surface area contributed by atoms with Crippen molar-refractivity contribution in [3.05, 3.63) is 64.1 Å². The Labute approximate surface area is 120 Å². The zero-order valence-electron chi connectivity index (χ0n) is 10.0. The first-order valence-electron chi connectivity index (χ1n) is 5.61. The first-order chi connectivity index (χ1) is 8.70. The van der Waals surface area contributed by atoms with Gasteiger partial charge in [0.15, 0.2) is 5.78 Å². The van der Waals surface area contributed by atoms with Crippen LogP contribution in [0, 0.1) is 0 Å². The van der Waals surface area contributed by atoms with E-state index in [0.717, 1.165) is 20.5 Å². The predicted molar refractivity (Wildman–Crippen MR) is 80.4 cm³/mol. The largest absolute Gasteiger partial charge is 0.294 e. The highest BCUT2D eigenvalue weighted by atomic mass is 79.9. The van der Waals surface area contributed by atoms with Gasteiger partial charge in [0.05, 0.1) is 0 Å². The second-order valence-corrected chi connectivity index (χ2v) is 5.69. The lowest BCUT2D eigenvalue weighted by Crippen LogP contribution is -2.04. The first-order valence-corrected chi connectivity index (χ1v) is 7.63. The summed E-state index contributed by atoms with van der Waals surface area (Å²) in [4.78, 5) is 13.3. The smallest absolute Gasteiger partial charge is 0.167 e. The van der Waals surface area contributed by atoms with Gasteiger partial charge in [0.2, 0.25) is 0 Å². The van der Waals surface area contributed by atoms with Crippen molar-refractivity contribution < 1.29 is 4.79 Å². The van der Waals surface area contributed by atoms with E-state index >= 15 is 0 Å². The summed E-state index contributed by atoms with van der Waals surface area (Å²) in [5.74, 6) is 0.156. The lowest BCUT2D eigenvalue weighted by Gasteiger charge is -2.07. The van der Waals surface area contributed by atoms with Gasteiger partial charge >= 0.3 is 0 Å². The number of hydrogen-bond donors (Lipinski definition) is 0. The van der Waals surface area contributed by atoms with Crippen molar-refractivity contribution in [3.8, 4) is 0 Å². The Morgan fingerprint density at radius 1 is 1.17 bits per heavy atom. The van der Waals surface area contributed by atoms with Gasteiger partial charge in [-0.25, -0.2) is 0 Å². The van der Waals surface area contributed by atoms with Crippen molar-refractivity contribution in [1.82, 2.24) is 0 Å². The van der Waals surface area contributed by atoms with Crippen molar-refractivity contribution in [1.29, 1.82) is 0 Å². The highest BCUT2D eigenvalue weighted by Crippen LogP contribution is 2.25. The maximum Gasteiger partial charge on any atom is 0.167 e. The normalized spacial score (nSPS) is 10.3. The molecular formula is C15H13BrOS. The monoisotopic (exact) mass is 320 g/mol. The molecule has 0 N–H and O–H groups in total. The van der Waals surface area contributed by atoms with Crippen LogP contribution in [0.25, 0.3) is 0 Å². The molecule has 0 radical (unpaired) electrons. The van der Waals surface area contributed by atoms with Gasteiger partial charge in [0.25, 0.3) is 0 Å². The standard InChI is InChI=1S/C15H13BrOS/c1-18-15-8-7-13(16)9-12(15)10-14(17)11-5-3-2-4-6-11/h2-9H,10H2,1H3. The Kier molecular flexibility index (Phi) is 4.61. The molecule has 3 heteroatoms. The van der Waals surface area contributed by atoms with Gasteiger partial charge in [-0.2, -0.15) is 0 Å². The van der Waals surface area contributed by atoms with Crippen LogP contribution in [0.1, 0.15) is 15.9 Å². The number of benzene rings is 2. The average Bonchev–Trinajstić information content (AvgIpc) is 2.40. The predicted octanol–water partition coefficient (Wildman–Crippen LogP) is 4.60. The Morgan fingerprint density at radius 3 is 2.56 bits per heavy atom. The first kappa shape index (κ1) is 13.4. The molecule has 0 saturated carbocycles. The third-order valence-electron chi connectivity index (χ3n) is 2.69. The fourth-order valence-corrected chi connectivity index (χ4v) is 2.79. The van der Waals surface area contributed by atoms with Gasteiger partial charge in [0, 0.05) is 21.4 Å². The second-order valence-electron chi connectivity index (χ2n) is 3.92. The van der Waals surface area contributed by atoms with Crippen LogP contribution in [0.15, 0.2) is 57.9 Å². The average molecular weight is 321 g/mol. The van der Waals surface area contributed by atoms with Crippen LogP contribution in [0.3, 0.4) is 0 Å². The molecule has 0 spiro atoms. The molecule has 92 valence electrons. The topological polar surface area (TPSA) is 17.1 Å². The fourth-order valence-electron chi connectivity index (χ4n) is 1.78. The number of carbonyl (C=O) groups is 1. The summed E-state index contributed by atoms with van der Waals surface area (Å²) in [6.45, 7) is 0. The molecular weight excluding hydrogens is 308 g/mol. The fraction of sp³-hybridized carbons (Fsp3) is 0.133. The van der Waals surface area contributed by atoms with Gasteiger partial charge < -0.3 is 0 Å². The Balaban J connectivity index is 2.24. The quantitative estimate of drug-likeness (QED) is 0.605. The van der Waals surface area contributed by atoms with Crippen molar-refractivity contribution in [2.45, 2.75) is 11.3 Å². The van der Waals surface area contributed by atoms with Crippen LogP contribution >= 0.6 is 27.7 Å². The lowest BCUT2D eigenvalue weighted by molar-refractivity contribution is 0.0992. The second kappa shape index (κ2) is 6.21. The van der Waals surface area contributed by atoms with E-state index in [1.165, 1.54) is 0 Å². The summed E-state index contributed by atoms with van der Waals surface area (Å²) >= 11 is 5.12. The molecule has 18 heavy (non-hydrogen) atoms. The van der Waals surface area contributed by atoms with Crippen molar-refractivity contribution >= 4 is 33.5 Å². The SMILES string of the molecule is CSc1ccc(Br)cc1CC(=O)c1ccccc1. The number of carbonyl (C=O) groups excluding carboxylic acids is 1. The molecule has 2 aromatic carbocycles. The third kappa shape index (κ3) is 3.24. The zero-order valence-corrected chi connectivity index (χ0v) is 12.4. The zero-order chi connectivity index (χ0) is 13.0. The number of ketones is 1. The summed E-state index contributed by atoms with van der Waals surface area (Å²) in [5, 5.41) is 0. The van der Waals surface area contributed by atoms with Crippen LogP contribution in [-0.2, 0) is 6.42 Å². The van der Waals surface area contributed by atoms with E-state index in [1.807, 2.05) is 54.8 Å². The minimum atomic E-state index is 0.156. The Bertz CT molecular complexity index is 552. The Hall–Kier alpha value is -1.06. The van der Waals surface area contributed by atoms with E-state index in [-0.39, 0.29) is 5.78 Å². The molecule has 0 aliphatic rings. The number of thioether (sulfide) groups is 1. The molecule has 0 fully saturated rings. The number of rotatable bonds is 4. The summed E-state index contributed by atoms with van der Waals surface area (Å²) in [7, 11) is 0. The van der Waals surface area contributed by atoms with Crippen LogP contribution < -0.4 is 0 Å². The highest BCUT2D eigenvalue weighted by molar-refractivity contribution is 9.10. The molecule has 1 nitrogen and oxygen atoms in total. The number of halogens is 1. The molecule has 2 aromatic rings. The van der Waals surface area contributed by atoms with Crippen LogP contribution in [0.4, 0.5) is 0 Å². The van der Waals surface area contributed by atoms with Crippen molar-refractivity contribution in [3.63, 3.8) is 0 Å². The minimum Gasteiger partial charge on any atom is -0.294 e. The van der Waals surface area contributed by atoms with E-state index in [4.69, 9.17) is 0 Å². The van der Waals surface area contributed by atoms with E-state index < -0.39 is 0 Å². The lowest BCUT2D eigenvalue weighted by atomic mass is 10.0. The molecule has 0 aliphatic carbocycles. The van der Waals surface area contributed by atoms with E-state index in [2.05, 4.69) is 15.9 Å². The van der Waals surface area contributed by atoms with Crippen LogP contribution in [-0.4, -0.2) is 12.0 Å². The highest BCUT2D eigenvalue weighted by Gasteiger charge is 2.10. The molecule has 0 aliphatic heterocycles. The molecule has 0 saturated heterocycles. The summed E-state index contributed by atoms with van der Waals surface area (Å²) in [6.07, 6.45) is 2.47. The summed E-state index contributed by atoms with van der Waals surface area (Å²) in [6, 6.07) is 15.5. The molecule has 2 rings (SSSR count). The molecule has 0 aromatic heterocycles. The third-order valence-corrected chi connectivity index (χ3v) is 4.02. The van der Waals surface area contributed by atoms with Gasteiger partial charge in [0.1, 0.15) is 0 Å². The van der Waals surface area contributed by atoms with Crippen molar-refractivity contribution in [2.24, 2.45) is 0 Å². The Morgan fingerprint density at radius 2 is 1.89 bits per heavy atom. The van der Waals surface area contributed by atoms with E-state index in [1.54, 1.807) is 11.8 Å². The number of Topliss-reactive ketones (excluding diaryl/α,β-unsaturated/α-hetero) is 1. The van der Waals surface area contributed by atoms with Crippen molar-refractivity contribution in [2.75, 3.05) is 6.26 Å². The van der Waals surface area contributed by atoms with E-state index in [9.17, 15) is 4.79 Å². The van der Waals surface area contributed by atoms with Gasteiger partial charge in [-0.15, -0.1) is 11.8 Å². The maximum absolute atomic E-state index is 12.2.